The number of hydrogen-bond donors (Lipinski definition) is 1. The summed E-state index contributed by atoms with van der Waals surface area (Å²) in [6, 6.07) is 12.5. The van der Waals surface area contributed by atoms with Crippen LogP contribution in [0.15, 0.2) is 42.5 Å². The topological polar surface area (TPSA) is 83.6 Å². The fraction of sp³-hybridized carbons (Fsp3) is 0.400. The standard InChI is InChI=1S/C20H26N2O4S2/c1-3-13-28(25,26)22-12-6-9-17-10-11-19(14-20(17)22)21-27(23,24)15-18-8-5-4-7-16(18)2/h4-5,7-8,10-11,14,21H,3,6,9,12-13,15H2,1-2H3. The summed E-state index contributed by atoms with van der Waals surface area (Å²) in [4.78, 5) is 0. The number of rotatable bonds is 7. The second-order valence-corrected chi connectivity index (χ2v) is 10.9. The maximum atomic E-state index is 12.6. The molecule has 1 heterocycles. The normalized spacial score (nSPS) is 14.6. The zero-order valence-electron chi connectivity index (χ0n) is 16.2. The van der Waals surface area contributed by atoms with Crippen LogP contribution >= 0.6 is 0 Å². The molecular weight excluding hydrogens is 396 g/mol. The molecule has 0 saturated carbocycles. The first-order valence-corrected chi connectivity index (χ1v) is 12.7. The molecular formula is C20H26N2O4S2. The van der Waals surface area contributed by atoms with E-state index >= 15 is 0 Å². The molecule has 0 saturated heterocycles. The van der Waals surface area contributed by atoms with Gasteiger partial charge in [0.15, 0.2) is 0 Å². The quantitative estimate of drug-likeness (QED) is 0.741. The van der Waals surface area contributed by atoms with E-state index in [1.54, 1.807) is 18.2 Å². The molecule has 2 aromatic carbocycles. The Labute approximate surface area is 167 Å². The predicted molar refractivity (Wildman–Crippen MR) is 114 cm³/mol. The lowest BCUT2D eigenvalue weighted by molar-refractivity contribution is 0.585. The van der Waals surface area contributed by atoms with Crippen LogP contribution in [0.1, 0.15) is 36.5 Å². The molecule has 0 aromatic heterocycles. The maximum absolute atomic E-state index is 12.6. The van der Waals surface area contributed by atoms with Crippen LogP contribution in [0.5, 0.6) is 0 Å². The molecule has 3 rings (SSSR count). The van der Waals surface area contributed by atoms with Crippen molar-refractivity contribution >= 4 is 31.4 Å². The average Bonchev–Trinajstić information content (AvgIpc) is 2.62. The van der Waals surface area contributed by atoms with Crippen molar-refractivity contribution in [2.75, 3.05) is 21.3 Å². The molecule has 0 radical (unpaired) electrons. The Hall–Kier alpha value is -2.06. The monoisotopic (exact) mass is 422 g/mol. The van der Waals surface area contributed by atoms with Crippen LogP contribution in [0, 0.1) is 6.92 Å². The first-order chi connectivity index (χ1) is 13.2. The number of nitrogens with one attached hydrogen (secondary N) is 1. The number of hydrogen-bond acceptors (Lipinski definition) is 4. The number of aryl methyl sites for hydroxylation is 2. The van der Waals surface area contributed by atoms with Crippen molar-refractivity contribution in [2.24, 2.45) is 0 Å². The van der Waals surface area contributed by atoms with E-state index in [0.29, 0.717) is 24.3 Å². The van der Waals surface area contributed by atoms with E-state index in [1.165, 1.54) is 4.31 Å². The van der Waals surface area contributed by atoms with Gasteiger partial charge in [-0.2, -0.15) is 0 Å². The van der Waals surface area contributed by atoms with Crippen molar-refractivity contribution in [3.05, 3.63) is 59.2 Å². The molecule has 6 nitrogen and oxygen atoms in total. The highest BCUT2D eigenvalue weighted by molar-refractivity contribution is 7.92. The van der Waals surface area contributed by atoms with Crippen molar-refractivity contribution < 1.29 is 16.8 Å². The van der Waals surface area contributed by atoms with Crippen LogP contribution in [0.2, 0.25) is 0 Å². The van der Waals surface area contributed by atoms with Crippen LogP contribution in [-0.2, 0) is 32.2 Å². The number of fused-ring (bicyclic) bond motifs is 1. The van der Waals surface area contributed by atoms with Gasteiger partial charge in [0.2, 0.25) is 20.0 Å². The first kappa shape index (κ1) is 20.7. The molecule has 28 heavy (non-hydrogen) atoms. The van der Waals surface area contributed by atoms with Crippen molar-refractivity contribution in [3.63, 3.8) is 0 Å². The Balaban J connectivity index is 1.87. The van der Waals surface area contributed by atoms with Crippen LogP contribution < -0.4 is 9.03 Å². The third kappa shape index (κ3) is 4.67. The largest absolute Gasteiger partial charge is 0.283 e. The SMILES string of the molecule is CCCS(=O)(=O)N1CCCc2ccc(NS(=O)(=O)Cc3ccccc3C)cc21. The van der Waals surface area contributed by atoms with Crippen molar-refractivity contribution in [1.29, 1.82) is 0 Å². The lowest BCUT2D eigenvalue weighted by Crippen LogP contribution is -2.37. The van der Waals surface area contributed by atoms with Gasteiger partial charge >= 0.3 is 0 Å². The lowest BCUT2D eigenvalue weighted by Gasteiger charge is -2.31. The smallest absolute Gasteiger partial charge is 0.236 e. The van der Waals surface area contributed by atoms with Gasteiger partial charge in [0.05, 0.1) is 22.9 Å². The predicted octanol–water partition coefficient (Wildman–Crippen LogP) is 3.43. The molecule has 0 spiro atoms. The van der Waals surface area contributed by atoms with Gasteiger partial charge in [0, 0.05) is 6.54 Å². The zero-order valence-corrected chi connectivity index (χ0v) is 17.8. The third-order valence-electron chi connectivity index (χ3n) is 4.84. The molecule has 152 valence electrons. The maximum Gasteiger partial charge on any atom is 0.236 e. The van der Waals surface area contributed by atoms with Crippen LogP contribution in [0.25, 0.3) is 0 Å². The molecule has 0 unspecified atom stereocenters. The molecule has 0 amide bonds. The summed E-state index contributed by atoms with van der Waals surface area (Å²) in [6.45, 7) is 4.13. The van der Waals surface area contributed by atoms with E-state index in [-0.39, 0.29) is 11.5 Å². The summed E-state index contributed by atoms with van der Waals surface area (Å²) in [5, 5.41) is 0. The van der Waals surface area contributed by atoms with Gasteiger partial charge < -0.3 is 0 Å². The van der Waals surface area contributed by atoms with Gasteiger partial charge in [-0.15, -0.1) is 0 Å². The summed E-state index contributed by atoms with van der Waals surface area (Å²) in [6.07, 6.45) is 2.08. The number of benzene rings is 2. The highest BCUT2D eigenvalue weighted by Crippen LogP contribution is 2.32. The Kier molecular flexibility index (Phi) is 6.00. The molecule has 1 aliphatic heterocycles. The van der Waals surface area contributed by atoms with E-state index in [9.17, 15) is 16.8 Å². The molecule has 0 aliphatic carbocycles. The number of anilines is 2. The summed E-state index contributed by atoms with van der Waals surface area (Å²) >= 11 is 0. The van der Waals surface area contributed by atoms with E-state index in [4.69, 9.17) is 0 Å². The van der Waals surface area contributed by atoms with E-state index in [0.717, 1.165) is 29.5 Å². The second-order valence-electron chi connectivity index (χ2n) is 7.12. The third-order valence-corrected chi connectivity index (χ3v) is 8.05. The summed E-state index contributed by atoms with van der Waals surface area (Å²) in [5.74, 6) is -0.0513. The highest BCUT2D eigenvalue weighted by Gasteiger charge is 2.27. The molecule has 1 N–H and O–H groups in total. The number of sulfonamides is 2. The van der Waals surface area contributed by atoms with E-state index in [2.05, 4.69) is 4.72 Å². The molecule has 0 bridgehead atoms. The van der Waals surface area contributed by atoms with Gasteiger partial charge in [-0.1, -0.05) is 37.3 Å². The Morgan fingerprint density at radius 2 is 1.82 bits per heavy atom. The Morgan fingerprint density at radius 3 is 2.54 bits per heavy atom. The fourth-order valence-electron chi connectivity index (χ4n) is 3.45. The van der Waals surface area contributed by atoms with Crippen molar-refractivity contribution in [3.8, 4) is 0 Å². The van der Waals surface area contributed by atoms with Crippen molar-refractivity contribution in [2.45, 2.75) is 38.9 Å². The summed E-state index contributed by atoms with van der Waals surface area (Å²) in [5.41, 5.74) is 3.53. The average molecular weight is 423 g/mol. The minimum Gasteiger partial charge on any atom is -0.283 e. The molecule has 8 heteroatoms. The van der Waals surface area contributed by atoms with E-state index in [1.807, 2.05) is 38.1 Å². The van der Waals surface area contributed by atoms with Crippen molar-refractivity contribution in [1.82, 2.24) is 0 Å². The molecule has 2 aromatic rings. The first-order valence-electron chi connectivity index (χ1n) is 9.40. The second kappa shape index (κ2) is 8.13. The fourth-order valence-corrected chi connectivity index (χ4v) is 6.36. The molecule has 1 aliphatic rings. The van der Waals surface area contributed by atoms with Gasteiger partial charge in [-0.3, -0.25) is 9.03 Å². The minimum atomic E-state index is -3.62. The van der Waals surface area contributed by atoms with Gasteiger partial charge in [-0.25, -0.2) is 16.8 Å². The summed E-state index contributed by atoms with van der Waals surface area (Å²) < 4.78 is 54.5. The summed E-state index contributed by atoms with van der Waals surface area (Å²) in [7, 11) is -7.02. The number of nitrogens with zero attached hydrogens (tertiary/aromatic N) is 1. The van der Waals surface area contributed by atoms with Gasteiger partial charge in [-0.05, 0) is 55.0 Å². The minimum absolute atomic E-state index is 0.0790. The highest BCUT2D eigenvalue weighted by atomic mass is 32.2. The van der Waals surface area contributed by atoms with Gasteiger partial charge in [0.1, 0.15) is 0 Å². The zero-order chi connectivity index (χ0) is 20.4. The van der Waals surface area contributed by atoms with Gasteiger partial charge in [0.25, 0.3) is 0 Å². The van der Waals surface area contributed by atoms with Crippen LogP contribution in [-0.4, -0.2) is 29.1 Å². The van der Waals surface area contributed by atoms with Crippen LogP contribution in [0.3, 0.4) is 0 Å². The van der Waals surface area contributed by atoms with E-state index < -0.39 is 20.0 Å². The Bertz CT molecular complexity index is 1060. The molecule has 0 fully saturated rings. The Morgan fingerprint density at radius 1 is 1.07 bits per heavy atom. The lowest BCUT2D eigenvalue weighted by atomic mass is 10.0. The van der Waals surface area contributed by atoms with Crippen LogP contribution in [0.4, 0.5) is 11.4 Å². The molecule has 0 atom stereocenters.